The van der Waals surface area contributed by atoms with E-state index in [1.54, 1.807) is 19.5 Å². The summed E-state index contributed by atoms with van der Waals surface area (Å²) in [4.78, 5) is 31.1. The molecule has 4 aromatic rings. The van der Waals surface area contributed by atoms with Crippen LogP contribution in [-0.2, 0) is 0 Å². The van der Waals surface area contributed by atoms with Crippen LogP contribution in [0.2, 0.25) is 0 Å². The van der Waals surface area contributed by atoms with Gasteiger partial charge in [-0.3, -0.25) is 9.69 Å². The van der Waals surface area contributed by atoms with Crippen LogP contribution in [0.25, 0.3) is 20.9 Å². The Hall–Kier alpha value is -3.56. The van der Waals surface area contributed by atoms with Crippen LogP contribution in [-0.4, -0.2) is 72.1 Å². The highest BCUT2D eigenvalue weighted by molar-refractivity contribution is 7.21. The van der Waals surface area contributed by atoms with Gasteiger partial charge in [0.05, 0.1) is 17.3 Å². The third-order valence-corrected chi connectivity index (χ3v) is 7.20. The molecular weight excluding hydrogens is 460 g/mol. The SMILES string of the molecule is COc1ccc(N2CCN(CCCNC(=O)c3nccnc3-c3nc4ccccc4s3)CC2)cc1. The van der Waals surface area contributed by atoms with Crippen molar-refractivity contribution in [1.82, 2.24) is 25.2 Å². The van der Waals surface area contributed by atoms with Crippen molar-refractivity contribution in [3.8, 4) is 16.5 Å². The van der Waals surface area contributed by atoms with Crippen LogP contribution >= 0.6 is 11.3 Å². The van der Waals surface area contributed by atoms with E-state index < -0.39 is 0 Å². The van der Waals surface area contributed by atoms with Crippen LogP contribution in [0.1, 0.15) is 16.9 Å². The first-order valence-corrected chi connectivity index (χ1v) is 12.6. The number of nitrogens with one attached hydrogen (secondary N) is 1. The molecular formula is C26H28N6O2S. The maximum absolute atomic E-state index is 12.9. The maximum Gasteiger partial charge on any atom is 0.272 e. The number of aromatic nitrogens is 3. The fourth-order valence-electron chi connectivity index (χ4n) is 4.25. The van der Waals surface area contributed by atoms with Gasteiger partial charge in [-0.2, -0.15) is 0 Å². The number of fused-ring (bicyclic) bond motifs is 1. The summed E-state index contributed by atoms with van der Waals surface area (Å²) < 4.78 is 6.31. The molecule has 0 bridgehead atoms. The topological polar surface area (TPSA) is 83.5 Å². The van der Waals surface area contributed by atoms with E-state index in [0.29, 0.717) is 22.9 Å². The zero-order chi connectivity index (χ0) is 24.0. The van der Waals surface area contributed by atoms with E-state index in [0.717, 1.165) is 55.1 Å². The number of carbonyl (C=O) groups excluding carboxylic acids is 1. The van der Waals surface area contributed by atoms with Crippen LogP contribution in [0, 0.1) is 0 Å². The molecule has 0 aliphatic carbocycles. The summed E-state index contributed by atoms with van der Waals surface area (Å²) >= 11 is 1.52. The second kappa shape index (κ2) is 10.8. The second-order valence-corrected chi connectivity index (χ2v) is 9.41. The van der Waals surface area contributed by atoms with Gasteiger partial charge in [-0.05, 0) is 49.4 Å². The summed E-state index contributed by atoms with van der Waals surface area (Å²) in [6, 6.07) is 16.1. The molecule has 8 nitrogen and oxygen atoms in total. The molecule has 0 unspecified atom stereocenters. The average molecular weight is 489 g/mol. The monoisotopic (exact) mass is 488 g/mol. The van der Waals surface area contributed by atoms with E-state index in [1.165, 1.54) is 17.0 Å². The first kappa shape index (κ1) is 23.2. The molecule has 9 heteroatoms. The zero-order valence-corrected chi connectivity index (χ0v) is 20.5. The van der Waals surface area contributed by atoms with E-state index in [9.17, 15) is 4.79 Å². The predicted octanol–water partition coefficient (Wildman–Crippen LogP) is 3.70. The van der Waals surface area contributed by atoms with Crippen LogP contribution in [0.4, 0.5) is 5.69 Å². The third kappa shape index (κ3) is 5.41. The Bertz CT molecular complexity index is 1250. The lowest BCUT2D eigenvalue weighted by atomic mass is 10.2. The van der Waals surface area contributed by atoms with Crippen LogP contribution < -0.4 is 15.0 Å². The number of amides is 1. The van der Waals surface area contributed by atoms with E-state index in [1.807, 2.05) is 36.4 Å². The minimum atomic E-state index is -0.211. The molecule has 5 rings (SSSR count). The number of anilines is 1. The maximum atomic E-state index is 12.9. The molecule has 1 N–H and O–H groups in total. The standard InChI is InChI=1S/C26H28N6O2S/c1-34-20-9-7-19(8-10-20)32-17-15-31(16-18-32)14-4-11-29-25(33)23-24(28-13-12-27-23)26-30-21-5-2-3-6-22(21)35-26/h2-3,5-10,12-13H,4,11,14-18H2,1H3,(H,29,33). The Balaban J connectivity index is 1.10. The lowest BCUT2D eigenvalue weighted by Gasteiger charge is -2.36. The molecule has 0 atom stereocenters. The number of benzene rings is 2. The van der Waals surface area contributed by atoms with Crippen molar-refractivity contribution in [2.75, 3.05) is 51.3 Å². The Kier molecular flexibility index (Phi) is 7.15. The average Bonchev–Trinajstić information content (AvgIpc) is 3.36. The molecule has 0 spiro atoms. The molecule has 0 radical (unpaired) electrons. The van der Waals surface area contributed by atoms with Gasteiger partial charge >= 0.3 is 0 Å². The highest BCUT2D eigenvalue weighted by Crippen LogP contribution is 2.30. The van der Waals surface area contributed by atoms with Gasteiger partial charge in [0, 0.05) is 50.8 Å². The molecule has 3 heterocycles. The normalized spacial score (nSPS) is 14.3. The smallest absolute Gasteiger partial charge is 0.272 e. The van der Waals surface area contributed by atoms with Gasteiger partial charge in [-0.15, -0.1) is 11.3 Å². The number of carbonyl (C=O) groups is 1. The molecule has 0 saturated carbocycles. The Morgan fingerprint density at radius 1 is 1.03 bits per heavy atom. The highest BCUT2D eigenvalue weighted by atomic mass is 32.1. The van der Waals surface area contributed by atoms with Crippen molar-refractivity contribution in [3.63, 3.8) is 0 Å². The van der Waals surface area contributed by atoms with Gasteiger partial charge in [0.15, 0.2) is 5.69 Å². The third-order valence-electron chi connectivity index (χ3n) is 6.16. The van der Waals surface area contributed by atoms with E-state index >= 15 is 0 Å². The summed E-state index contributed by atoms with van der Waals surface area (Å²) in [6.07, 6.45) is 4.03. The van der Waals surface area contributed by atoms with Gasteiger partial charge in [-0.1, -0.05) is 12.1 Å². The van der Waals surface area contributed by atoms with Crippen molar-refractivity contribution >= 4 is 33.1 Å². The number of thiazole rings is 1. The minimum absolute atomic E-state index is 0.211. The quantitative estimate of drug-likeness (QED) is 0.379. The number of hydrogen-bond acceptors (Lipinski definition) is 8. The molecule has 1 amide bonds. The molecule has 2 aromatic carbocycles. The van der Waals surface area contributed by atoms with E-state index in [4.69, 9.17) is 4.74 Å². The fourth-order valence-corrected chi connectivity index (χ4v) is 5.21. The van der Waals surface area contributed by atoms with Crippen molar-refractivity contribution in [3.05, 3.63) is 66.6 Å². The molecule has 1 aliphatic rings. The van der Waals surface area contributed by atoms with E-state index in [2.05, 4.69) is 42.2 Å². The first-order chi connectivity index (χ1) is 17.2. The fraction of sp³-hybridized carbons (Fsp3) is 0.308. The number of rotatable bonds is 8. The number of ether oxygens (including phenoxy) is 1. The molecule has 35 heavy (non-hydrogen) atoms. The number of hydrogen-bond donors (Lipinski definition) is 1. The molecule has 1 aliphatic heterocycles. The van der Waals surface area contributed by atoms with Crippen LogP contribution in [0.15, 0.2) is 60.9 Å². The number of nitrogens with zero attached hydrogens (tertiary/aromatic N) is 5. The zero-order valence-electron chi connectivity index (χ0n) is 19.7. The summed E-state index contributed by atoms with van der Waals surface area (Å²) in [5.74, 6) is 0.666. The van der Waals surface area contributed by atoms with Crippen molar-refractivity contribution in [2.24, 2.45) is 0 Å². The van der Waals surface area contributed by atoms with Crippen molar-refractivity contribution in [1.29, 1.82) is 0 Å². The summed E-state index contributed by atoms with van der Waals surface area (Å²) in [5, 5.41) is 3.72. The molecule has 1 saturated heterocycles. The largest absolute Gasteiger partial charge is 0.497 e. The summed E-state index contributed by atoms with van der Waals surface area (Å²) in [7, 11) is 1.69. The lowest BCUT2D eigenvalue weighted by Crippen LogP contribution is -2.47. The number of piperazine rings is 1. The highest BCUT2D eigenvalue weighted by Gasteiger charge is 2.20. The van der Waals surface area contributed by atoms with E-state index in [-0.39, 0.29) is 5.91 Å². The Morgan fingerprint density at radius 3 is 2.57 bits per heavy atom. The summed E-state index contributed by atoms with van der Waals surface area (Å²) in [5.41, 5.74) is 2.97. The Morgan fingerprint density at radius 2 is 1.80 bits per heavy atom. The van der Waals surface area contributed by atoms with Crippen molar-refractivity contribution in [2.45, 2.75) is 6.42 Å². The lowest BCUT2D eigenvalue weighted by molar-refractivity contribution is 0.0947. The van der Waals surface area contributed by atoms with Gasteiger partial charge < -0.3 is 15.0 Å². The Labute approximate surface area is 208 Å². The van der Waals surface area contributed by atoms with Gasteiger partial charge in [0.25, 0.3) is 5.91 Å². The van der Waals surface area contributed by atoms with Crippen LogP contribution in [0.5, 0.6) is 5.75 Å². The van der Waals surface area contributed by atoms with Crippen LogP contribution in [0.3, 0.4) is 0 Å². The summed E-state index contributed by atoms with van der Waals surface area (Å²) in [6.45, 7) is 5.53. The first-order valence-electron chi connectivity index (χ1n) is 11.8. The van der Waals surface area contributed by atoms with Gasteiger partial charge in [-0.25, -0.2) is 15.0 Å². The van der Waals surface area contributed by atoms with Gasteiger partial charge in [0.2, 0.25) is 0 Å². The second-order valence-electron chi connectivity index (χ2n) is 8.38. The number of para-hydroxylation sites is 1. The molecule has 1 fully saturated rings. The predicted molar refractivity (Wildman–Crippen MR) is 139 cm³/mol. The number of methoxy groups -OCH3 is 1. The minimum Gasteiger partial charge on any atom is -0.497 e. The molecule has 180 valence electrons. The van der Waals surface area contributed by atoms with Crippen molar-refractivity contribution < 1.29 is 9.53 Å². The van der Waals surface area contributed by atoms with Gasteiger partial charge in [0.1, 0.15) is 16.5 Å². The molecule has 2 aromatic heterocycles.